The van der Waals surface area contributed by atoms with Crippen molar-refractivity contribution in [2.75, 3.05) is 7.11 Å². The first-order valence-electron chi connectivity index (χ1n) is 5.35. The van der Waals surface area contributed by atoms with Gasteiger partial charge in [0.2, 0.25) is 0 Å². The molecule has 1 saturated carbocycles. The largest absolute Gasteiger partial charge is 0.496 e. The van der Waals surface area contributed by atoms with Crippen LogP contribution in [0.15, 0.2) is 18.2 Å². The first-order valence-corrected chi connectivity index (χ1v) is 6.43. The van der Waals surface area contributed by atoms with Crippen LogP contribution in [0.1, 0.15) is 24.8 Å². The zero-order chi connectivity index (χ0) is 10.7. The maximum atomic E-state index is 5.23. The third kappa shape index (κ3) is 2.84. The van der Waals surface area contributed by atoms with E-state index in [0.717, 1.165) is 18.3 Å². The van der Waals surface area contributed by atoms with Crippen LogP contribution in [0.3, 0.4) is 0 Å². The molecule has 15 heavy (non-hydrogen) atoms. The van der Waals surface area contributed by atoms with E-state index >= 15 is 0 Å². The van der Waals surface area contributed by atoms with Crippen LogP contribution in [0.5, 0.6) is 5.75 Å². The first-order chi connectivity index (χ1) is 7.29. The Hall–Kier alpha value is -0.290. The summed E-state index contributed by atoms with van der Waals surface area (Å²) in [7, 11) is 1.71. The second kappa shape index (κ2) is 5.16. The molecule has 0 bridgehead atoms. The Labute approximate surface area is 105 Å². The molecule has 2 nitrogen and oxygen atoms in total. The van der Waals surface area contributed by atoms with Crippen molar-refractivity contribution in [1.29, 1.82) is 0 Å². The number of benzene rings is 1. The minimum atomic E-state index is 0.754. The van der Waals surface area contributed by atoms with Crippen LogP contribution in [0.2, 0.25) is 0 Å². The van der Waals surface area contributed by atoms with Crippen LogP contribution in [-0.2, 0) is 6.54 Å². The van der Waals surface area contributed by atoms with E-state index < -0.39 is 0 Å². The standard InChI is InChI=1S/C12H16INO/c1-15-12-6-5-9(7-11(12)13)8-14-10-3-2-4-10/h5-7,10,14H,2-4,8H2,1H3. The molecule has 1 N–H and O–H groups in total. The second-order valence-corrected chi connectivity index (χ2v) is 5.14. The van der Waals surface area contributed by atoms with Crippen molar-refractivity contribution < 1.29 is 4.74 Å². The molecule has 0 atom stereocenters. The van der Waals surface area contributed by atoms with Gasteiger partial charge in [-0.05, 0) is 53.1 Å². The van der Waals surface area contributed by atoms with Gasteiger partial charge < -0.3 is 10.1 Å². The number of hydrogen-bond acceptors (Lipinski definition) is 2. The SMILES string of the molecule is COc1ccc(CNC2CCC2)cc1I. The number of halogens is 1. The van der Waals surface area contributed by atoms with Crippen LogP contribution >= 0.6 is 22.6 Å². The summed E-state index contributed by atoms with van der Waals surface area (Å²) < 4.78 is 6.41. The van der Waals surface area contributed by atoms with Crippen molar-refractivity contribution in [2.45, 2.75) is 31.8 Å². The highest BCUT2D eigenvalue weighted by atomic mass is 127. The molecule has 1 aliphatic rings. The molecule has 1 aliphatic carbocycles. The number of methoxy groups -OCH3 is 1. The number of hydrogen-bond donors (Lipinski definition) is 1. The average Bonchev–Trinajstić information content (AvgIpc) is 2.16. The van der Waals surface area contributed by atoms with Crippen molar-refractivity contribution in [3.05, 3.63) is 27.3 Å². The van der Waals surface area contributed by atoms with Gasteiger partial charge in [0.05, 0.1) is 10.7 Å². The molecule has 0 radical (unpaired) electrons. The summed E-state index contributed by atoms with van der Waals surface area (Å²) in [5.41, 5.74) is 1.34. The Morgan fingerprint density at radius 3 is 2.80 bits per heavy atom. The molecule has 0 saturated heterocycles. The predicted octanol–water partition coefficient (Wildman–Crippen LogP) is 2.94. The van der Waals surface area contributed by atoms with E-state index in [1.54, 1.807) is 7.11 Å². The summed E-state index contributed by atoms with van der Waals surface area (Å²) in [5, 5.41) is 3.56. The molecule has 0 unspecified atom stereocenters. The molecule has 3 heteroatoms. The third-order valence-electron chi connectivity index (χ3n) is 2.92. The Morgan fingerprint density at radius 1 is 1.47 bits per heavy atom. The normalized spacial score (nSPS) is 16.1. The Morgan fingerprint density at radius 2 is 2.27 bits per heavy atom. The summed E-state index contributed by atoms with van der Waals surface area (Å²) in [6, 6.07) is 7.11. The Bertz CT molecular complexity index is 336. The Kier molecular flexibility index (Phi) is 3.86. The van der Waals surface area contributed by atoms with E-state index in [1.165, 1.54) is 28.4 Å². The van der Waals surface area contributed by atoms with Gasteiger partial charge in [-0.25, -0.2) is 0 Å². The zero-order valence-corrected chi connectivity index (χ0v) is 11.1. The zero-order valence-electron chi connectivity index (χ0n) is 8.92. The summed E-state index contributed by atoms with van der Waals surface area (Å²) in [5.74, 6) is 0.961. The molecule has 2 rings (SSSR count). The van der Waals surface area contributed by atoms with Crippen LogP contribution in [0.25, 0.3) is 0 Å². The summed E-state index contributed by atoms with van der Waals surface area (Å²) >= 11 is 2.31. The lowest BCUT2D eigenvalue weighted by molar-refractivity contribution is 0.338. The maximum Gasteiger partial charge on any atom is 0.132 e. The van der Waals surface area contributed by atoms with E-state index in [-0.39, 0.29) is 0 Å². The predicted molar refractivity (Wildman–Crippen MR) is 70.2 cm³/mol. The Balaban J connectivity index is 1.93. The van der Waals surface area contributed by atoms with Gasteiger partial charge in [-0.15, -0.1) is 0 Å². The summed E-state index contributed by atoms with van der Waals surface area (Å²) in [6.07, 6.45) is 4.07. The fourth-order valence-electron chi connectivity index (χ4n) is 1.69. The monoisotopic (exact) mass is 317 g/mol. The highest BCUT2D eigenvalue weighted by Gasteiger charge is 2.16. The lowest BCUT2D eigenvalue weighted by Gasteiger charge is -2.26. The van der Waals surface area contributed by atoms with Gasteiger partial charge in [0.25, 0.3) is 0 Å². The fourth-order valence-corrected chi connectivity index (χ4v) is 2.49. The van der Waals surface area contributed by atoms with Gasteiger partial charge >= 0.3 is 0 Å². The maximum absolute atomic E-state index is 5.23. The molecule has 1 aromatic carbocycles. The molecule has 0 aliphatic heterocycles. The van der Waals surface area contributed by atoms with E-state index in [0.29, 0.717) is 0 Å². The van der Waals surface area contributed by atoms with E-state index in [1.807, 2.05) is 6.07 Å². The van der Waals surface area contributed by atoms with E-state index in [9.17, 15) is 0 Å². The second-order valence-electron chi connectivity index (χ2n) is 3.98. The number of rotatable bonds is 4. The summed E-state index contributed by atoms with van der Waals surface area (Å²) in [4.78, 5) is 0. The van der Waals surface area contributed by atoms with Gasteiger partial charge in [-0.2, -0.15) is 0 Å². The molecule has 0 aromatic heterocycles. The van der Waals surface area contributed by atoms with Crippen molar-refractivity contribution in [1.82, 2.24) is 5.32 Å². The number of nitrogens with one attached hydrogen (secondary N) is 1. The smallest absolute Gasteiger partial charge is 0.132 e. The van der Waals surface area contributed by atoms with Crippen molar-refractivity contribution in [2.24, 2.45) is 0 Å². The molecule has 0 spiro atoms. The van der Waals surface area contributed by atoms with Crippen LogP contribution in [0.4, 0.5) is 0 Å². The van der Waals surface area contributed by atoms with Crippen molar-refractivity contribution in [3.8, 4) is 5.75 Å². The third-order valence-corrected chi connectivity index (χ3v) is 3.76. The molecule has 0 amide bonds. The molecular formula is C12H16INO. The fraction of sp³-hybridized carbons (Fsp3) is 0.500. The van der Waals surface area contributed by atoms with Gasteiger partial charge in [-0.3, -0.25) is 0 Å². The number of ether oxygens (including phenoxy) is 1. The minimum absolute atomic E-state index is 0.754. The molecular weight excluding hydrogens is 301 g/mol. The minimum Gasteiger partial charge on any atom is -0.496 e. The van der Waals surface area contributed by atoms with Gasteiger partial charge in [0.1, 0.15) is 5.75 Å². The first kappa shape index (κ1) is 11.2. The molecule has 82 valence electrons. The quantitative estimate of drug-likeness (QED) is 0.862. The van der Waals surface area contributed by atoms with Crippen LogP contribution < -0.4 is 10.1 Å². The molecule has 1 aromatic rings. The van der Waals surface area contributed by atoms with Crippen molar-refractivity contribution >= 4 is 22.6 Å². The summed E-state index contributed by atoms with van der Waals surface area (Å²) in [6.45, 7) is 0.977. The highest BCUT2D eigenvalue weighted by molar-refractivity contribution is 14.1. The van der Waals surface area contributed by atoms with E-state index in [4.69, 9.17) is 4.74 Å². The lowest BCUT2D eigenvalue weighted by atomic mass is 9.93. The topological polar surface area (TPSA) is 21.3 Å². The van der Waals surface area contributed by atoms with E-state index in [2.05, 4.69) is 40.0 Å². The molecule has 1 fully saturated rings. The lowest BCUT2D eigenvalue weighted by Crippen LogP contribution is -2.34. The van der Waals surface area contributed by atoms with Gasteiger partial charge in [0.15, 0.2) is 0 Å². The van der Waals surface area contributed by atoms with Crippen molar-refractivity contribution in [3.63, 3.8) is 0 Å². The highest BCUT2D eigenvalue weighted by Crippen LogP contribution is 2.22. The van der Waals surface area contributed by atoms with Crippen LogP contribution in [-0.4, -0.2) is 13.2 Å². The molecule has 0 heterocycles. The van der Waals surface area contributed by atoms with Crippen LogP contribution in [0, 0.1) is 3.57 Å². The van der Waals surface area contributed by atoms with Gasteiger partial charge in [-0.1, -0.05) is 12.5 Å². The average molecular weight is 317 g/mol. The van der Waals surface area contributed by atoms with Gasteiger partial charge in [0, 0.05) is 12.6 Å².